The van der Waals surface area contributed by atoms with Crippen molar-refractivity contribution in [2.24, 2.45) is 0 Å². The number of aliphatic hydroxyl groups excluding tert-OH is 1. The summed E-state index contributed by atoms with van der Waals surface area (Å²) in [6.07, 6.45) is -0.237. The van der Waals surface area contributed by atoms with Crippen molar-refractivity contribution in [2.75, 3.05) is 13.1 Å². The van der Waals surface area contributed by atoms with Crippen molar-refractivity contribution >= 4 is 10.8 Å². The molecule has 2 N–H and O–H groups in total. The number of hydrogen-bond donors (Lipinski definition) is 2. The Labute approximate surface area is 157 Å². The standard InChI is InChI=1S/C22H23FN2O2/c1-13-8-16(23)9-19-18(13)10-20(24-21(19)27)14-4-6-15(7-5-14)22(2,3)25-11-17(26)12-25/h4-10,17,26H,11-12H2,1-3H3,(H,24,27). The van der Waals surface area contributed by atoms with Crippen molar-refractivity contribution in [2.45, 2.75) is 32.4 Å². The lowest BCUT2D eigenvalue weighted by Crippen LogP contribution is -2.58. The number of fused-ring (bicyclic) bond motifs is 1. The maximum absolute atomic E-state index is 13.6. The van der Waals surface area contributed by atoms with E-state index in [1.54, 1.807) is 0 Å². The molecule has 2 heterocycles. The number of aryl methyl sites for hydroxylation is 1. The predicted molar refractivity (Wildman–Crippen MR) is 105 cm³/mol. The van der Waals surface area contributed by atoms with E-state index in [0.717, 1.165) is 22.1 Å². The Morgan fingerprint density at radius 2 is 1.78 bits per heavy atom. The number of nitrogens with zero attached hydrogens (tertiary/aromatic N) is 1. The van der Waals surface area contributed by atoms with Gasteiger partial charge < -0.3 is 10.1 Å². The van der Waals surface area contributed by atoms with Gasteiger partial charge in [-0.05, 0) is 61.0 Å². The second-order valence-electron chi connectivity index (χ2n) is 7.89. The summed E-state index contributed by atoms with van der Waals surface area (Å²) in [6.45, 7) is 7.46. The van der Waals surface area contributed by atoms with Crippen LogP contribution < -0.4 is 5.56 Å². The van der Waals surface area contributed by atoms with Crippen LogP contribution in [0.15, 0.2) is 47.3 Å². The Kier molecular flexibility index (Phi) is 4.17. The van der Waals surface area contributed by atoms with Gasteiger partial charge in [-0.3, -0.25) is 9.69 Å². The van der Waals surface area contributed by atoms with E-state index in [9.17, 15) is 14.3 Å². The fraction of sp³-hybridized carbons (Fsp3) is 0.318. The minimum Gasteiger partial charge on any atom is -0.390 e. The predicted octanol–water partition coefficient (Wildman–Crippen LogP) is 3.55. The lowest BCUT2D eigenvalue weighted by molar-refractivity contribution is -0.0574. The Bertz CT molecular complexity index is 1060. The Morgan fingerprint density at radius 1 is 1.11 bits per heavy atom. The van der Waals surface area contributed by atoms with Gasteiger partial charge in [0, 0.05) is 24.3 Å². The van der Waals surface area contributed by atoms with Gasteiger partial charge in [-0.15, -0.1) is 0 Å². The molecule has 0 amide bonds. The number of hydrogen-bond acceptors (Lipinski definition) is 3. The van der Waals surface area contributed by atoms with Crippen molar-refractivity contribution in [1.82, 2.24) is 9.88 Å². The van der Waals surface area contributed by atoms with Gasteiger partial charge in [0.1, 0.15) is 5.82 Å². The summed E-state index contributed by atoms with van der Waals surface area (Å²) >= 11 is 0. The number of likely N-dealkylation sites (tertiary alicyclic amines) is 1. The molecule has 3 aromatic rings. The summed E-state index contributed by atoms with van der Waals surface area (Å²) in [5.74, 6) is -0.402. The summed E-state index contributed by atoms with van der Waals surface area (Å²) in [5, 5.41) is 10.7. The Morgan fingerprint density at radius 3 is 2.41 bits per heavy atom. The molecule has 140 valence electrons. The number of nitrogens with one attached hydrogen (secondary N) is 1. The molecule has 1 aliphatic heterocycles. The number of rotatable bonds is 3. The SMILES string of the molecule is Cc1cc(F)cc2c(=O)[nH]c(-c3ccc(C(C)(C)N4CC(O)C4)cc3)cc12. The van der Waals surface area contributed by atoms with E-state index in [1.807, 2.05) is 25.1 Å². The second-order valence-corrected chi connectivity index (χ2v) is 7.89. The van der Waals surface area contributed by atoms with E-state index in [4.69, 9.17) is 0 Å². The molecule has 0 aliphatic carbocycles. The van der Waals surface area contributed by atoms with Gasteiger partial charge in [0.05, 0.1) is 11.5 Å². The minimum atomic E-state index is -0.402. The first-order chi connectivity index (χ1) is 12.8. The second kappa shape index (κ2) is 6.29. The van der Waals surface area contributed by atoms with Crippen LogP contribution in [0.2, 0.25) is 0 Å². The first-order valence-corrected chi connectivity index (χ1v) is 9.13. The molecular weight excluding hydrogens is 343 g/mol. The monoisotopic (exact) mass is 366 g/mol. The third-order valence-corrected chi connectivity index (χ3v) is 5.69. The average Bonchev–Trinajstić information content (AvgIpc) is 2.60. The summed E-state index contributed by atoms with van der Waals surface area (Å²) in [6, 6.07) is 12.7. The van der Waals surface area contributed by atoms with Crippen LogP contribution in [0, 0.1) is 12.7 Å². The quantitative estimate of drug-likeness (QED) is 0.745. The normalized spacial score (nSPS) is 15.9. The number of benzene rings is 2. The van der Waals surface area contributed by atoms with Gasteiger partial charge in [-0.1, -0.05) is 24.3 Å². The highest BCUT2D eigenvalue weighted by molar-refractivity contribution is 5.87. The van der Waals surface area contributed by atoms with Gasteiger partial charge >= 0.3 is 0 Å². The summed E-state index contributed by atoms with van der Waals surface area (Å²) in [7, 11) is 0. The van der Waals surface area contributed by atoms with Gasteiger partial charge in [-0.2, -0.15) is 0 Å². The van der Waals surface area contributed by atoms with Crippen molar-refractivity contribution in [3.8, 4) is 11.3 Å². The molecule has 27 heavy (non-hydrogen) atoms. The third kappa shape index (κ3) is 3.07. The fourth-order valence-corrected chi connectivity index (χ4v) is 3.81. The third-order valence-electron chi connectivity index (χ3n) is 5.69. The van der Waals surface area contributed by atoms with Crippen molar-refractivity contribution in [3.63, 3.8) is 0 Å². The first-order valence-electron chi connectivity index (χ1n) is 9.13. The molecule has 1 aliphatic rings. The smallest absolute Gasteiger partial charge is 0.256 e. The summed E-state index contributed by atoms with van der Waals surface area (Å²) in [4.78, 5) is 17.5. The fourth-order valence-electron chi connectivity index (χ4n) is 3.81. The van der Waals surface area contributed by atoms with Gasteiger partial charge in [0.2, 0.25) is 0 Å². The van der Waals surface area contributed by atoms with Crippen LogP contribution in [0.25, 0.3) is 22.0 Å². The molecule has 0 spiro atoms. The number of halogens is 1. The zero-order chi connectivity index (χ0) is 19.3. The van der Waals surface area contributed by atoms with Crippen molar-refractivity contribution < 1.29 is 9.50 Å². The van der Waals surface area contributed by atoms with E-state index in [0.29, 0.717) is 24.2 Å². The number of H-pyrrole nitrogens is 1. The zero-order valence-electron chi connectivity index (χ0n) is 15.7. The van der Waals surface area contributed by atoms with Crippen LogP contribution in [-0.2, 0) is 5.54 Å². The largest absolute Gasteiger partial charge is 0.390 e. The maximum Gasteiger partial charge on any atom is 0.256 e. The number of aliphatic hydroxyl groups is 1. The number of β-amino-alcohol motifs (C(OH)–C–C–N with tert-alkyl or cyclic N) is 1. The van der Waals surface area contributed by atoms with Crippen LogP contribution in [-0.4, -0.2) is 34.2 Å². The molecule has 2 aromatic carbocycles. The molecule has 1 saturated heterocycles. The van der Waals surface area contributed by atoms with Crippen LogP contribution in [0.4, 0.5) is 4.39 Å². The van der Waals surface area contributed by atoms with E-state index in [-0.39, 0.29) is 17.2 Å². The van der Waals surface area contributed by atoms with Gasteiger partial charge in [0.15, 0.2) is 0 Å². The maximum atomic E-state index is 13.6. The molecular formula is C22H23FN2O2. The number of aromatic amines is 1. The van der Waals surface area contributed by atoms with Gasteiger partial charge in [-0.25, -0.2) is 4.39 Å². The Balaban J connectivity index is 1.71. The van der Waals surface area contributed by atoms with Crippen LogP contribution in [0.1, 0.15) is 25.0 Å². The highest BCUT2D eigenvalue weighted by Crippen LogP contribution is 2.33. The topological polar surface area (TPSA) is 56.3 Å². The van der Waals surface area contributed by atoms with Crippen LogP contribution in [0.5, 0.6) is 0 Å². The average molecular weight is 366 g/mol. The molecule has 0 unspecified atom stereocenters. The molecule has 1 aromatic heterocycles. The van der Waals surface area contributed by atoms with E-state index in [1.165, 1.54) is 12.1 Å². The summed E-state index contributed by atoms with van der Waals surface area (Å²) in [5.41, 5.74) is 3.06. The molecule has 0 saturated carbocycles. The van der Waals surface area contributed by atoms with Crippen molar-refractivity contribution in [1.29, 1.82) is 0 Å². The van der Waals surface area contributed by atoms with E-state index < -0.39 is 5.82 Å². The molecule has 0 atom stereocenters. The molecule has 1 fully saturated rings. The van der Waals surface area contributed by atoms with Crippen LogP contribution >= 0.6 is 0 Å². The lowest BCUT2D eigenvalue weighted by atomic mass is 9.88. The van der Waals surface area contributed by atoms with E-state index >= 15 is 0 Å². The zero-order valence-corrected chi connectivity index (χ0v) is 15.7. The highest BCUT2D eigenvalue weighted by atomic mass is 19.1. The van der Waals surface area contributed by atoms with Gasteiger partial charge in [0.25, 0.3) is 5.56 Å². The summed E-state index contributed by atoms with van der Waals surface area (Å²) < 4.78 is 13.6. The molecule has 0 bridgehead atoms. The molecule has 5 heteroatoms. The lowest BCUT2D eigenvalue weighted by Gasteiger charge is -2.47. The first kappa shape index (κ1) is 17.9. The highest BCUT2D eigenvalue weighted by Gasteiger charge is 2.37. The van der Waals surface area contributed by atoms with Crippen LogP contribution in [0.3, 0.4) is 0 Å². The molecule has 0 radical (unpaired) electrons. The number of aromatic nitrogens is 1. The van der Waals surface area contributed by atoms with Crippen molar-refractivity contribution in [3.05, 3.63) is 69.8 Å². The molecule has 4 nitrogen and oxygen atoms in total. The molecule has 4 rings (SSSR count). The Hall–Kier alpha value is -2.50. The minimum absolute atomic E-state index is 0.164. The van der Waals surface area contributed by atoms with E-state index in [2.05, 4.69) is 35.9 Å². The number of pyridine rings is 1.